The van der Waals surface area contributed by atoms with Crippen LogP contribution < -0.4 is 5.32 Å². The second kappa shape index (κ2) is 6.97. The highest BCUT2D eigenvalue weighted by atomic mass is 35.5. The van der Waals surface area contributed by atoms with E-state index in [4.69, 9.17) is 11.6 Å². The lowest BCUT2D eigenvalue weighted by Gasteiger charge is -2.22. The zero-order valence-corrected chi connectivity index (χ0v) is 11.5. The van der Waals surface area contributed by atoms with Gasteiger partial charge in [0.1, 0.15) is 5.82 Å². The van der Waals surface area contributed by atoms with Gasteiger partial charge in [0.25, 0.3) is 0 Å². The van der Waals surface area contributed by atoms with Gasteiger partial charge in [0.05, 0.1) is 0 Å². The van der Waals surface area contributed by atoms with E-state index in [0.717, 1.165) is 12.8 Å². The van der Waals surface area contributed by atoms with Crippen molar-refractivity contribution in [3.05, 3.63) is 34.6 Å². The summed E-state index contributed by atoms with van der Waals surface area (Å²) in [7, 11) is 0. The third kappa shape index (κ3) is 4.29. The van der Waals surface area contributed by atoms with E-state index in [1.165, 1.54) is 6.07 Å². The average molecular weight is 258 g/mol. The van der Waals surface area contributed by atoms with Crippen LogP contribution in [0.1, 0.15) is 39.2 Å². The molecule has 1 unspecified atom stereocenters. The van der Waals surface area contributed by atoms with Crippen molar-refractivity contribution in [2.45, 2.75) is 46.2 Å². The van der Waals surface area contributed by atoms with Crippen molar-refractivity contribution in [1.29, 1.82) is 0 Å². The summed E-state index contributed by atoms with van der Waals surface area (Å²) < 4.78 is 13.5. The molecule has 1 N–H and O–H groups in total. The van der Waals surface area contributed by atoms with Crippen LogP contribution in [0.5, 0.6) is 0 Å². The van der Waals surface area contributed by atoms with Gasteiger partial charge in [-0.05, 0) is 25.0 Å². The first kappa shape index (κ1) is 14.5. The van der Waals surface area contributed by atoms with Gasteiger partial charge in [-0.2, -0.15) is 0 Å². The van der Waals surface area contributed by atoms with Gasteiger partial charge in [-0.3, -0.25) is 0 Å². The van der Waals surface area contributed by atoms with Crippen molar-refractivity contribution in [3.8, 4) is 0 Å². The molecule has 0 fully saturated rings. The molecule has 0 heterocycles. The summed E-state index contributed by atoms with van der Waals surface area (Å²) in [6, 6.07) is 5.23. The number of hydrogen-bond acceptors (Lipinski definition) is 1. The van der Waals surface area contributed by atoms with E-state index in [9.17, 15) is 4.39 Å². The zero-order valence-electron chi connectivity index (χ0n) is 10.8. The van der Waals surface area contributed by atoms with E-state index in [0.29, 0.717) is 29.1 Å². The molecule has 1 rings (SSSR count). The average Bonchev–Trinajstić information content (AvgIpc) is 2.29. The van der Waals surface area contributed by atoms with Crippen molar-refractivity contribution in [3.63, 3.8) is 0 Å². The summed E-state index contributed by atoms with van der Waals surface area (Å²) >= 11 is 5.71. The largest absolute Gasteiger partial charge is 0.310 e. The summed E-state index contributed by atoms with van der Waals surface area (Å²) in [4.78, 5) is 0. The minimum absolute atomic E-state index is 0.234. The van der Waals surface area contributed by atoms with E-state index in [2.05, 4.69) is 26.1 Å². The van der Waals surface area contributed by atoms with E-state index in [1.54, 1.807) is 12.1 Å². The number of nitrogens with one attached hydrogen (secondary N) is 1. The molecule has 0 saturated heterocycles. The molecule has 0 aromatic heterocycles. The monoisotopic (exact) mass is 257 g/mol. The van der Waals surface area contributed by atoms with Crippen LogP contribution in [0.3, 0.4) is 0 Å². The van der Waals surface area contributed by atoms with Crippen molar-refractivity contribution in [1.82, 2.24) is 5.32 Å². The van der Waals surface area contributed by atoms with Crippen LogP contribution in [-0.4, -0.2) is 6.04 Å². The maximum Gasteiger partial charge on any atom is 0.129 e. The first-order valence-electron chi connectivity index (χ1n) is 6.25. The fourth-order valence-corrected chi connectivity index (χ4v) is 2.26. The highest BCUT2D eigenvalue weighted by Gasteiger charge is 2.13. The highest BCUT2D eigenvalue weighted by Crippen LogP contribution is 2.16. The summed E-state index contributed by atoms with van der Waals surface area (Å²) in [5.74, 6) is 0.409. The summed E-state index contributed by atoms with van der Waals surface area (Å²) in [6.45, 7) is 7.09. The van der Waals surface area contributed by atoms with Gasteiger partial charge in [0.2, 0.25) is 0 Å². The predicted octanol–water partition coefficient (Wildman–Crippen LogP) is 4.39. The predicted molar refractivity (Wildman–Crippen MR) is 71.8 cm³/mol. The molecule has 0 aliphatic rings. The Hall–Kier alpha value is -0.600. The Balaban J connectivity index is 2.55. The first-order chi connectivity index (χ1) is 8.08. The molecule has 3 heteroatoms. The van der Waals surface area contributed by atoms with E-state index < -0.39 is 0 Å². The van der Waals surface area contributed by atoms with Crippen LogP contribution in [0, 0.1) is 11.7 Å². The maximum absolute atomic E-state index is 13.5. The van der Waals surface area contributed by atoms with E-state index >= 15 is 0 Å². The molecule has 1 aromatic carbocycles. The summed E-state index contributed by atoms with van der Waals surface area (Å²) in [6.07, 6.45) is 2.29. The quantitative estimate of drug-likeness (QED) is 0.797. The Kier molecular flexibility index (Phi) is 5.93. The van der Waals surface area contributed by atoms with E-state index in [-0.39, 0.29) is 5.82 Å². The number of hydrogen-bond donors (Lipinski definition) is 1. The number of halogens is 2. The van der Waals surface area contributed by atoms with Gasteiger partial charge in [0.15, 0.2) is 0 Å². The Labute approximate surface area is 108 Å². The van der Waals surface area contributed by atoms with Gasteiger partial charge in [-0.1, -0.05) is 44.4 Å². The fraction of sp³-hybridized carbons (Fsp3) is 0.571. The molecule has 0 amide bonds. The first-order valence-corrected chi connectivity index (χ1v) is 6.63. The molecule has 0 spiro atoms. The van der Waals surface area contributed by atoms with Gasteiger partial charge < -0.3 is 5.32 Å². The minimum atomic E-state index is -0.234. The lowest BCUT2D eigenvalue weighted by Crippen LogP contribution is -2.32. The van der Waals surface area contributed by atoms with Crippen LogP contribution in [0.4, 0.5) is 4.39 Å². The second-order valence-electron chi connectivity index (χ2n) is 4.48. The van der Waals surface area contributed by atoms with Gasteiger partial charge >= 0.3 is 0 Å². The molecule has 0 aliphatic carbocycles. The van der Waals surface area contributed by atoms with Gasteiger partial charge in [0, 0.05) is 23.2 Å². The molecule has 0 radical (unpaired) electrons. The Morgan fingerprint density at radius 1 is 1.29 bits per heavy atom. The Morgan fingerprint density at radius 2 is 1.94 bits per heavy atom. The minimum Gasteiger partial charge on any atom is -0.310 e. The topological polar surface area (TPSA) is 12.0 Å². The van der Waals surface area contributed by atoms with Crippen molar-refractivity contribution >= 4 is 11.6 Å². The third-order valence-electron chi connectivity index (χ3n) is 3.39. The van der Waals surface area contributed by atoms with Crippen molar-refractivity contribution in [2.24, 2.45) is 5.92 Å². The number of benzene rings is 1. The van der Waals surface area contributed by atoms with Crippen LogP contribution >= 0.6 is 11.6 Å². The van der Waals surface area contributed by atoms with Crippen LogP contribution in [0.15, 0.2) is 18.2 Å². The van der Waals surface area contributed by atoms with Gasteiger partial charge in [-0.25, -0.2) is 4.39 Å². The van der Waals surface area contributed by atoms with Crippen LogP contribution in [0.2, 0.25) is 5.02 Å². The van der Waals surface area contributed by atoms with Crippen molar-refractivity contribution in [2.75, 3.05) is 0 Å². The van der Waals surface area contributed by atoms with E-state index in [1.807, 2.05) is 0 Å². The lowest BCUT2D eigenvalue weighted by atomic mass is 9.95. The lowest BCUT2D eigenvalue weighted by molar-refractivity contribution is 0.351. The SMILES string of the molecule is CCC(CC)C(C)NCc1ccc(Cl)cc1F. The van der Waals surface area contributed by atoms with Gasteiger partial charge in [-0.15, -0.1) is 0 Å². The summed E-state index contributed by atoms with van der Waals surface area (Å²) in [5, 5.41) is 3.82. The smallest absolute Gasteiger partial charge is 0.129 e. The van der Waals surface area contributed by atoms with Crippen LogP contribution in [-0.2, 0) is 6.54 Å². The van der Waals surface area contributed by atoms with Crippen molar-refractivity contribution < 1.29 is 4.39 Å². The molecule has 0 aliphatic heterocycles. The molecule has 96 valence electrons. The summed E-state index contributed by atoms with van der Waals surface area (Å²) in [5.41, 5.74) is 0.673. The Morgan fingerprint density at radius 3 is 2.47 bits per heavy atom. The highest BCUT2D eigenvalue weighted by molar-refractivity contribution is 6.30. The third-order valence-corrected chi connectivity index (χ3v) is 3.62. The molecular weight excluding hydrogens is 237 g/mol. The molecular formula is C14H21ClFN. The second-order valence-corrected chi connectivity index (χ2v) is 4.92. The molecule has 0 saturated carbocycles. The molecule has 17 heavy (non-hydrogen) atoms. The van der Waals surface area contributed by atoms with Crippen LogP contribution in [0.25, 0.3) is 0 Å². The normalized spacial score (nSPS) is 13.1. The standard InChI is InChI=1S/C14H21ClFN/c1-4-11(5-2)10(3)17-9-12-6-7-13(15)8-14(12)16/h6-8,10-11,17H,4-5,9H2,1-3H3. The molecule has 1 atom stereocenters. The fourth-order valence-electron chi connectivity index (χ4n) is 2.10. The molecule has 0 bridgehead atoms. The maximum atomic E-state index is 13.5. The molecule has 1 nitrogen and oxygen atoms in total. The number of rotatable bonds is 6. The Bertz CT molecular complexity index is 350. The molecule has 1 aromatic rings. The zero-order chi connectivity index (χ0) is 12.8.